The molecule has 0 aliphatic carbocycles. The zero-order chi connectivity index (χ0) is 20.7. The summed E-state index contributed by atoms with van der Waals surface area (Å²) in [6, 6.07) is 4.91. The summed E-state index contributed by atoms with van der Waals surface area (Å²) >= 11 is 0. The Balaban J connectivity index is 2.03. The van der Waals surface area contributed by atoms with Crippen LogP contribution in [0.3, 0.4) is 0 Å². The lowest BCUT2D eigenvalue weighted by Gasteiger charge is -2.35. The smallest absolute Gasteiger partial charge is 0.245 e. The highest BCUT2D eigenvalue weighted by atomic mass is 16.5. The second-order valence-corrected chi connectivity index (χ2v) is 7.74. The van der Waals surface area contributed by atoms with Crippen LogP contribution in [-0.4, -0.2) is 75.1 Å². The zero-order valence-electron chi connectivity index (χ0n) is 17.7. The molecular formula is C21H33N3O4. The number of benzene rings is 1. The van der Waals surface area contributed by atoms with Crippen LogP contribution in [0.5, 0.6) is 11.5 Å². The second kappa shape index (κ2) is 10.3. The molecule has 156 valence electrons. The molecule has 28 heavy (non-hydrogen) atoms. The molecule has 1 aromatic carbocycles. The molecule has 0 aromatic heterocycles. The maximum atomic E-state index is 13.0. The van der Waals surface area contributed by atoms with E-state index >= 15 is 0 Å². The van der Waals surface area contributed by atoms with Crippen LogP contribution in [-0.2, 0) is 16.0 Å². The van der Waals surface area contributed by atoms with Gasteiger partial charge in [-0.2, -0.15) is 0 Å². The number of carbonyl (C=O) groups is 2. The number of ether oxygens (including phenoxy) is 2. The third-order valence-electron chi connectivity index (χ3n) is 4.97. The topological polar surface area (TPSA) is 71.1 Å². The highest BCUT2D eigenvalue weighted by molar-refractivity contribution is 5.88. The first kappa shape index (κ1) is 22.0. The lowest BCUT2D eigenvalue weighted by atomic mass is 10.0. The molecule has 0 bridgehead atoms. The van der Waals surface area contributed by atoms with E-state index in [1.165, 1.54) is 0 Å². The molecule has 0 radical (unpaired) electrons. The van der Waals surface area contributed by atoms with Crippen LogP contribution >= 0.6 is 0 Å². The van der Waals surface area contributed by atoms with Gasteiger partial charge >= 0.3 is 0 Å². The van der Waals surface area contributed by atoms with Gasteiger partial charge in [-0.1, -0.05) is 19.9 Å². The lowest BCUT2D eigenvalue weighted by Crippen LogP contribution is -2.54. The van der Waals surface area contributed by atoms with E-state index in [2.05, 4.69) is 31.1 Å². The Bertz CT molecular complexity index is 670. The molecule has 1 aromatic rings. The first-order valence-corrected chi connectivity index (χ1v) is 9.81. The summed E-state index contributed by atoms with van der Waals surface area (Å²) in [5.41, 5.74) is 0.811. The molecule has 1 aliphatic rings. The predicted molar refractivity (Wildman–Crippen MR) is 109 cm³/mol. The van der Waals surface area contributed by atoms with Crippen molar-refractivity contribution in [3.05, 3.63) is 23.8 Å². The minimum absolute atomic E-state index is 0.0162. The van der Waals surface area contributed by atoms with Crippen LogP contribution in [0.2, 0.25) is 0 Å². The quantitative estimate of drug-likeness (QED) is 0.728. The second-order valence-electron chi connectivity index (χ2n) is 7.74. The lowest BCUT2D eigenvalue weighted by molar-refractivity contribution is -0.138. The maximum absolute atomic E-state index is 13.0. The number of nitrogens with zero attached hydrogens (tertiary/aromatic N) is 2. The fourth-order valence-electron chi connectivity index (χ4n) is 3.36. The summed E-state index contributed by atoms with van der Waals surface area (Å²) < 4.78 is 10.5. The van der Waals surface area contributed by atoms with Crippen LogP contribution in [0.1, 0.15) is 25.8 Å². The molecule has 0 saturated carbocycles. The van der Waals surface area contributed by atoms with Gasteiger partial charge in [-0.25, -0.2) is 0 Å². The molecule has 1 N–H and O–H groups in total. The average Bonchev–Trinajstić information content (AvgIpc) is 2.67. The molecule has 7 nitrogen and oxygen atoms in total. The van der Waals surface area contributed by atoms with Crippen molar-refractivity contribution in [2.24, 2.45) is 5.92 Å². The molecular weight excluding hydrogens is 358 g/mol. The molecule has 7 heteroatoms. The number of piperazine rings is 1. The molecule has 0 spiro atoms. The SMILES string of the molecule is COc1ccc(CC(=O)N[C@@H](CC(C)C)C(=O)N2CCN(C)CC2)cc1OC. The minimum atomic E-state index is -0.490. The van der Waals surface area contributed by atoms with Gasteiger partial charge in [0.05, 0.1) is 20.6 Å². The first-order chi connectivity index (χ1) is 13.3. The van der Waals surface area contributed by atoms with Gasteiger partial charge in [0.2, 0.25) is 11.8 Å². The molecule has 1 saturated heterocycles. The molecule has 1 fully saturated rings. The number of likely N-dealkylation sites (N-methyl/N-ethyl adjacent to an activating group) is 1. The van der Waals surface area contributed by atoms with Crippen molar-refractivity contribution in [2.45, 2.75) is 32.7 Å². The number of methoxy groups -OCH3 is 2. The van der Waals surface area contributed by atoms with E-state index in [9.17, 15) is 9.59 Å². The average molecular weight is 392 g/mol. The Morgan fingerprint density at radius 1 is 1.07 bits per heavy atom. The highest BCUT2D eigenvalue weighted by Gasteiger charge is 2.28. The normalized spacial score (nSPS) is 16.0. The van der Waals surface area contributed by atoms with Crippen molar-refractivity contribution in [1.82, 2.24) is 15.1 Å². The summed E-state index contributed by atoms with van der Waals surface area (Å²) in [4.78, 5) is 29.7. The Kier molecular flexibility index (Phi) is 8.11. The Morgan fingerprint density at radius 3 is 2.29 bits per heavy atom. The summed E-state index contributed by atoms with van der Waals surface area (Å²) in [5, 5.41) is 2.96. The van der Waals surface area contributed by atoms with E-state index in [4.69, 9.17) is 9.47 Å². The monoisotopic (exact) mass is 391 g/mol. The van der Waals surface area contributed by atoms with E-state index in [1.54, 1.807) is 26.4 Å². The molecule has 2 rings (SSSR count). The summed E-state index contributed by atoms with van der Waals surface area (Å²) in [5.74, 6) is 1.36. The third kappa shape index (κ3) is 6.12. The Hall–Kier alpha value is -2.28. The number of hydrogen-bond acceptors (Lipinski definition) is 5. The van der Waals surface area contributed by atoms with Crippen molar-refractivity contribution in [3.8, 4) is 11.5 Å². The summed E-state index contributed by atoms with van der Waals surface area (Å²) in [7, 11) is 5.19. The van der Waals surface area contributed by atoms with Crippen LogP contribution in [0, 0.1) is 5.92 Å². The maximum Gasteiger partial charge on any atom is 0.245 e. The molecule has 1 heterocycles. The standard InChI is InChI=1S/C21H33N3O4/c1-15(2)12-17(21(26)24-10-8-23(3)9-11-24)22-20(25)14-16-6-7-18(27-4)19(13-16)28-5/h6-7,13,15,17H,8-12,14H2,1-5H3,(H,22,25)/t17-/m0/s1. The van der Waals surface area contributed by atoms with E-state index in [0.29, 0.717) is 36.9 Å². The highest BCUT2D eigenvalue weighted by Crippen LogP contribution is 2.27. The van der Waals surface area contributed by atoms with Gasteiger partial charge in [-0.3, -0.25) is 9.59 Å². The fourth-order valence-corrected chi connectivity index (χ4v) is 3.36. The van der Waals surface area contributed by atoms with Crippen molar-refractivity contribution in [3.63, 3.8) is 0 Å². The summed E-state index contributed by atoms with van der Waals surface area (Å²) in [6.07, 6.45) is 0.813. The molecule has 0 unspecified atom stereocenters. The van der Waals surface area contributed by atoms with Crippen molar-refractivity contribution >= 4 is 11.8 Å². The van der Waals surface area contributed by atoms with Gasteiger partial charge in [0.15, 0.2) is 11.5 Å². The van der Waals surface area contributed by atoms with Gasteiger partial charge in [0, 0.05) is 26.2 Å². The van der Waals surface area contributed by atoms with Gasteiger partial charge in [-0.05, 0) is 37.1 Å². The number of carbonyl (C=O) groups excluding carboxylic acids is 2. The molecule has 2 amide bonds. The number of nitrogens with one attached hydrogen (secondary N) is 1. The van der Waals surface area contributed by atoms with E-state index < -0.39 is 6.04 Å². The zero-order valence-corrected chi connectivity index (χ0v) is 17.7. The van der Waals surface area contributed by atoms with E-state index in [-0.39, 0.29) is 18.2 Å². The van der Waals surface area contributed by atoms with Gasteiger partial charge in [0.25, 0.3) is 0 Å². The van der Waals surface area contributed by atoms with Gasteiger partial charge in [0.1, 0.15) is 6.04 Å². The summed E-state index contributed by atoms with van der Waals surface area (Å²) in [6.45, 7) is 7.25. The van der Waals surface area contributed by atoms with Crippen molar-refractivity contribution < 1.29 is 19.1 Å². The largest absolute Gasteiger partial charge is 0.493 e. The van der Waals surface area contributed by atoms with Crippen LogP contribution in [0.4, 0.5) is 0 Å². The Morgan fingerprint density at radius 2 is 1.71 bits per heavy atom. The minimum Gasteiger partial charge on any atom is -0.493 e. The molecule has 1 aliphatic heterocycles. The fraction of sp³-hybridized carbons (Fsp3) is 0.619. The molecule has 1 atom stereocenters. The van der Waals surface area contributed by atoms with Gasteiger partial charge < -0.3 is 24.6 Å². The van der Waals surface area contributed by atoms with E-state index in [1.807, 2.05) is 11.0 Å². The Labute approximate surface area is 168 Å². The number of amides is 2. The van der Waals surface area contributed by atoms with E-state index in [0.717, 1.165) is 18.7 Å². The first-order valence-electron chi connectivity index (χ1n) is 9.81. The van der Waals surface area contributed by atoms with Crippen LogP contribution < -0.4 is 14.8 Å². The van der Waals surface area contributed by atoms with Crippen molar-refractivity contribution in [1.29, 1.82) is 0 Å². The third-order valence-corrected chi connectivity index (χ3v) is 4.97. The number of rotatable bonds is 8. The van der Waals surface area contributed by atoms with Crippen molar-refractivity contribution in [2.75, 3.05) is 47.4 Å². The van der Waals surface area contributed by atoms with Crippen LogP contribution in [0.15, 0.2) is 18.2 Å². The van der Waals surface area contributed by atoms with Gasteiger partial charge in [-0.15, -0.1) is 0 Å². The van der Waals surface area contributed by atoms with Crippen LogP contribution in [0.25, 0.3) is 0 Å². The number of hydrogen-bond donors (Lipinski definition) is 1. The predicted octanol–water partition coefficient (Wildman–Crippen LogP) is 1.55.